The summed E-state index contributed by atoms with van der Waals surface area (Å²) in [7, 11) is 1.61. The summed E-state index contributed by atoms with van der Waals surface area (Å²) < 4.78 is 1.40. The minimum Gasteiger partial charge on any atom is -0.360 e. The zero-order valence-electron chi connectivity index (χ0n) is 11.4. The van der Waals surface area contributed by atoms with E-state index >= 15 is 0 Å². The van der Waals surface area contributed by atoms with E-state index in [1.807, 2.05) is 0 Å². The molecule has 0 aliphatic heterocycles. The van der Waals surface area contributed by atoms with E-state index in [0.717, 1.165) is 5.56 Å². The first kappa shape index (κ1) is 14.4. The number of hydrogen-bond acceptors (Lipinski definition) is 6. The highest BCUT2D eigenvalue weighted by Gasteiger charge is 2.23. The van der Waals surface area contributed by atoms with E-state index in [0.29, 0.717) is 18.1 Å². The number of benzene rings is 1. The van der Waals surface area contributed by atoms with E-state index in [2.05, 4.69) is 10.4 Å². The van der Waals surface area contributed by atoms with Crippen LogP contribution in [0, 0.1) is 27.2 Å². The fourth-order valence-corrected chi connectivity index (χ4v) is 1.98. The molecule has 0 atom stereocenters. The van der Waals surface area contributed by atoms with E-state index in [1.165, 1.54) is 16.8 Å². The molecule has 1 heterocycles. The minimum atomic E-state index is -0.486. The molecule has 1 N–H and O–H groups in total. The second-order valence-electron chi connectivity index (χ2n) is 4.44. The lowest BCUT2D eigenvalue weighted by atomic mass is 10.2. The van der Waals surface area contributed by atoms with E-state index in [-0.39, 0.29) is 11.4 Å². The molecular formula is C12H13N5O4. The number of nitrogens with zero attached hydrogens (tertiary/aromatic N) is 4. The first-order valence-corrected chi connectivity index (χ1v) is 6.05. The Bertz CT molecular complexity index is 692. The number of nitro groups is 2. The van der Waals surface area contributed by atoms with Crippen LogP contribution in [-0.4, -0.2) is 19.6 Å². The zero-order valence-corrected chi connectivity index (χ0v) is 11.4. The minimum absolute atomic E-state index is 0.00103. The van der Waals surface area contributed by atoms with Crippen LogP contribution < -0.4 is 5.32 Å². The monoisotopic (exact) mass is 291 g/mol. The van der Waals surface area contributed by atoms with Crippen LogP contribution in [0.25, 0.3) is 0 Å². The number of non-ortho nitro benzene ring substituents is 1. The van der Waals surface area contributed by atoms with Crippen molar-refractivity contribution in [1.29, 1.82) is 0 Å². The molecule has 0 amide bonds. The highest BCUT2D eigenvalue weighted by molar-refractivity contribution is 5.59. The summed E-state index contributed by atoms with van der Waals surface area (Å²) in [5.74, 6) is 0.302. The topological polar surface area (TPSA) is 116 Å². The molecule has 0 saturated carbocycles. The largest absolute Gasteiger partial charge is 0.360 e. The molecule has 1 aromatic carbocycles. The standard InChI is InChI=1S/C12H13N5O4/c1-8-11(17(20)21)12(15(2)14-8)13-7-9-3-5-10(6-4-9)16(18)19/h3-6,13H,7H2,1-2H3. The van der Waals surface area contributed by atoms with Crippen LogP contribution >= 0.6 is 0 Å². The SMILES string of the molecule is Cc1nn(C)c(NCc2ccc([N+](=O)[O-])cc2)c1[N+](=O)[O-]. The number of aryl methyl sites for hydroxylation is 2. The van der Waals surface area contributed by atoms with Gasteiger partial charge in [-0.3, -0.25) is 20.2 Å². The van der Waals surface area contributed by atoms with Gasteiger partial charge in [-0.05, 0) is 12.5 Å². The quantitative estimate of drug-likeness (QED) is 0.666. The molecule has 0 fully saturated rings. The molecule has 110 valence electrons. The molecule has 0 aliphatic carbocycles. The van der Waals surface area contributed by atoms with Gasteiger partial charge in [-0.2, -0.15) is 5.10 Å². The van der Waals surface area contributed by atoms with Gasteiger partial charge in [0, 0.05) is 25.7 Å². The molecule has 0 unspecified atom stereocenters. The van der Waals surface area contributed by atoms with Crippen LogP contribution in [0.1, 0.15) is 11.3 Å². The number of hydrogen-bond donors (Lipinski definition) is 1. The Balaban J connectivity index is 2.16. The Labute approximate surface area is 119 Å². The average molecular weight is 291 g/mol. The molecule has 0 saturated heterocycles. The highest BCUT2D eigenvalue weighted by atomic mass is 16.6. The van der Waals surface area contributed by atoms with Crippen molar-refractivity contribution < 1.29 is 9.85 Å². The van der Waals surface area contributed by atoms with Gasteiger partial charge in [0.2, 0.25) is 5.82 Å². The van der Waals surface area contributed by atoms with Gasteiger partial charge in [0.1, 0.15) is 5.69 Å². The molecule has 0 radical (unpaired) electrons. The van der Waals surface area contributed by atoms with Gasteiger partial charge < -0.3 is 5.32 Å². The second kappa shape index (κ2) is 5.57. The van der Waals surface area contributed by atoms with Gasteiger partial charge in [0.05, 0.1) is 9.85 Å². The fraction of sp³-hybridized carbons (Fsp3) is 0.250. The molecule has 0 aliphatic rings. The number of aromatic nitrogens is 2. The van der Waals surface area contributed by atoms with Gasteiger partial charge >= 0.3 is 5.69 Å². The van der Waals surface area contributed by atoms with Crippen molar-refractivity contribution in [2.45, 2.75) is 13.5 Å². The van der Waals surface area contributed by atoms with Crippen LogP contribution in [-0.2, 0) is 13.6 Å². The summed E-state index contributed by atoms with van der Waals surface area (Å²) in [6.45, 7) is 1.87. The summed E-state index contributed by atoms with van der Waals surface area (Å²) >= 11 is 0. The van der Waals surface area contributed by atoms with Crippen LogP contribution in [0.2, 0.25) is 0 Å². The first-order valence-electron chi connectivity index (χ1n) is 6.05. The molecule has 0 spiro atoms. The maximum atomic E-state index is 11.0. The van der Waals surface area contributed by atoms with Crippen LogP contribution in [0.15, 0.2) is 24.3 Å². The van der Waals surface area contributed by atoms with Crippen molar-refractivity contribution in [3.05, 3.63) is 55.8 Å². The third-order valence-electron chi connectivity index (χ3n) is 2.98. The van der Waals surface area contributed by atoms with Gasteiger partial charge in [0.15, 0.2) is 0 Å². The lowest BCUT2D eigenvalue weighted by molar-refractivity contribution is -0.385. The van der Waals surface area contributed by atoms with Crippen molar-refractivity contribution in [1.82, 2.24) is 9.78 Å². The van der Waals surface area contributed by atoms with Crippen molar-refractivity contribution in [2.24, 2.45) is 7.05 Å². The molecular weight excluding hydrogens is 278 g/mol. The number of nitro benzene ring substituents is 1. The summed E-state index contributed by atoms with van der Waals surface area (Å²) in [6, 6.07) is 5.97. The van der Waals surface area contributed by atoms with Crippen molar-refractivity contribution in [3.8, 4) is 0 Å². The van der Waals surface area contributed by atoms with Gasteiger partial charge in [-0.25, -0.2) is 4.68 Å². The van der Waals surface area contributed by atoms with E-state index in [1.54, 1.807) is 26.1 Å². The molecule has 21 heavy (non-hydrogen) atoms. The van der Waals surface area contributed by atoms with Gasteiger partial charge in [-0.15, -0.1) is 0 Å². The number of nitrogens with one attached hydrogen (secondary N) is 1. The van der Waals surface area contributed by atoms with Crippen LogP contribution in [0.3, 0.4) is 0 Å². The predicted octanol–water partition coefficient (Wildman–Crippen LogP) is 2.16. The van der Waals surface area contributed by atoms with Crippen molar-refractivity contribution in [2.75, 3.05) is 5.32 Å². The lowest BCUT2D eigenvalue weighted by Gasteiger charge is -2.06. The zero-order chi connectivity index (χ0) is 15.6. The van der Waals surface area contributed by atoms with E-state index < -0.39 is 9.85 Å². The van der Waals surface area contributed by atoms with E-state index in [4.69, 9.17) is 0 Å². The summed E-state index contributed by atoms with van der Waals surface area (Å²) in [4.78, 5) is 20.6. The smallest absolute Gasteiger partial charge is 0.333 e. The molecule has 0 bridgehead atoms. The van der Waals surface area contributed by atoms with Crippen LogP contribution in [0.5, 0.6) is 0 Å². The van der Waals surface area contributed by atoms with Gasteiger partial charge in [-0.1, -0.05) is 12.1 Å². The average Bonchev–Trinajstić information content (AvgIpc) is 2.71. The lowest BCUT2D eigenvalue weighted by Crippen LogP contribution is -2.06. The third kappa shape index (κ3) is 2.96. The summed E-state index contributed by atoms with van der Waals surface area (Å²) in [6.07, 6.45) is 0. The van der Waals surface area contributed by atoms with Crippen LogP contribution in [0.4, 0.5) is 17.2 Å². The molecule has 9 nitrogen and oxygen atoms in total. The maximum absolute atomic E-state index is 11.0. The highest BCUT2D eigenvalue weighted by Crippen LogP contribution is 2.27. The Kier molecular flexibility index (Phi) is 3.83. The predicted molar refractivity (Wildman–Crippen MR) is 75.0 cm³/mol. The van der Waals surface area contributed by atoms with E-state index in [9.17, 15) is 20.2 Å². The molecule has 1 aromatic heterocycles. The summed E-state index contributed by atoms with van der Waals surface area (Å²) in [5.41, 5.74) is 1.03. The van der Waals surface area contributed by atoms with Crippen molar-refractivity contribution >= 4 is 17.2 Å². The number of anilines is 1. The van der Waals surface area contributed by atoms with Crippen molar-refractivity contribution in [3.63, 3.8) is 0 Å². The van der Waals surface area contributed by atoms with Gasteiger partial charge in [0.25, 0.3) is 5.69 Å². The first-order chi connectivity index (χ1) is 9.90. The Morgan fingerprint density at radius 1 is 1.19 bits per heavy atom. The Morgan fingerprint density at radius 3 is 2.33 bits per heavy atom. The second-order valence-corrected chi connectivity index (χ2v) is 4.44. The molecule has 2 rings (SSSR count). The Morgan fingerprint density at radius 2 is 1.81 bits per heavy atom. The molecule has 9 heteroatoms. The maximum Gasteiger partial charge on any atom is 0.333 e. The molecule has 2 aromatic rings. The normalized spacial score (nSPS) is 10.4. The number of rotatable bonds is 5. The Hall–Kier alpha value is -2.97. The fourth-order valence-electron chi connectivity index (χ4n) is 1.98. The third-order valence-corrected chi connectivity index (χ3v) is 2.98. The summed E-state index contributed by atoms with van der Waals surface area (Å²) in [5, 5.41) is 28.5.